The van der Waals surface area contributed by atoms with E-state index in [1.807, 2.05) is 96.1 Å². The highest BCUT2D eigenvalue weighted by Crippen LogP contribution is 2.21. The van der Waals surface area contributed by atoms with E-state index >= 15 is 0 Å². The zero-order chi connectivity index (χ0) is 36.1. The van der Waals surface area contributed by atoms with Crippen LogP contribution in [0.25, 0.3) is 0 Å². The van der Waals surface area contributed by atoms with Gasteiger partial charge < -0.3 is 35.4 Å². The number of likely N-dealkylation sites (tertiary alicyclic amines) is 1. The van der Waals surface area contributed by atoms with Crippen LogP contribution < -0.4 is 16.0 Å². The molecule has 4 fully saturated rings. The van der Waals surface area contributed by atoms with Crippen molar-refractivity contribution < 1.29 is 19.1 Å². The van der Waals surface area contributed by atoms with Crippen molar-refractivity contribution in [2.75, 3.05) is 102 Å². The molecule has 12 nitrogen and oxygen atoms in total. The third-order valence-electron chi connectivity index (χ3n) is 9.97. The van der Waals surface area contributed by atoms with E-state index in [2.05, 4.69) is 25.8 Å². The Bertz CT molecular complexity index is 1350. The Morgan fingerprint density at radius 1 is 0.667 bits per heavy atom. The van der Waals surface area contributed by atoms with E-state index in [1.54, 1.807) is 0 Å². The van der Waals surface area contributed by atoms with Crippen molar-refractivity contribution in [1.82, 2.24) is 29.8 Å². The number of ether oxygens (including phenoxy) is 1. The minimum Gasteiger partial charge on any atom is -0.444 e. The van der Waals surface area contributed by atoms with E-state index in [9.17, 15) is 14.4 Å². The van der Waals surface area contributed by atoms with Crippen LogP contribution in [0.1, 0.15) is 46.5 Å². The lowest BCUT2D eigenvalue weighted by atomic mass is 9.97. The molecule has 4 saturated heterocycles. The fraction of sp³-hybridized carbons (Fsp3) is 0.615. The Morgan fingerprint density at radius 3 is 1.63 bits per heavy atom. The SMILES string of the molecule is CC(C)(C)OC(=O)N1CCC[C@@H](CN2CCN(C(=O)Nc3ccccc3)CC2)C1.O=C(Nc1ccccc1)N1CCN(C[C@@H]2CCCNC2)CC1. The maximum absolute atomic E-state index is 12.4. The quantitative estimate of drug-likeness (QED) is 0.374. The van der Waals surface area contributed by atoms with Crippen LogP contribution in [0.5, 0.6) is 0 Å². The number of piperazine rings is 2. The summed E-state index contributed by atoms with van der Waals surface area (Å²) in [6.07, 6.45) is 4.58. The predicted octanol–water partition coefficient (Wildman–Crippen LogP) is 5.32. The summed E-state index contributed by atoms with van der Waals surface area (Å²) in [6, 6.07) is 19.2. The van der Waals surface area contributed by atoms with Crippen molar-refractivity contribution >= 4 is 29.5 Å². The molecule has 0 radical (unpaired) electrons. The van der Waals surface area contributed by atoms with Crippen LogP contribution in [-0.4, -0.2) is 140 Å². The largest absolute Gasteiger partial charge is 0.444 e. The van der Waals surface area contributed by atoms with E-state index in [0.717, 1.165) is 109 Å². The van der Waals surface area contributed by atoms with Gasteiger partial charge in [0, 0.05) is 89.9 Å². The lowest BCUT2D eigenvalue weighted by molar-refractivity contribution is 0.0134. The molecule has 4 heterocycles. The fourth-order valence-corrected chi connectivity index (χ4v) is 7.23. The second-order valence-electron chi connectivity index (χ2n) is 15.3. The molecular formula is C39H60N8O4. The average Bonchev–Trinajstić information content (AvgIpc) is 3.13. The molecular weight excluding hydrogens is 644 g/mol. The Morgan fingerprint density at radius 2 is 1.16 bits per heavy atom. The maximum atomic E-state index is 12.4. The molecule has 3 N–H and O–H groups in total. The summed E-state index contributed by atoms with van der Waals surface area (Å²) in [4.78, 5) is 47.6. The van der Waals surface area contributed by atoms with Crippen molar-refractivity contribution in [1.29, 1.82) is 0 Å². The third-order valence-corrected chi connectivity index (χ3v) is 9.97. The number of anilines is 2. The van der Waals surface area contributed by atoms with Crippen LogP contribution in [0.2, 0.25) is 0 Å². The number of piperidine rings is 2. The van der Waals surface area contributed by atoms with Gasteiger partial charge in [-0.15, -0.1) is 0 Å². The standard InChI is InChI=1S/C22H34N4O3.C17H26N4O/c1-22(2,3)29-21(28)26-11-7-8-18(17-26)16-24-12-14-25(15-13-24)20(27)23-19-9-5-4-6-10-19;22-17(19-16-6-2-1-3-7-16)21-11-9-20(10-12-21)14-15-5-4-8-18-13-15/h4-6,9-10,18H,7-8,11-17H2,1-3H3,(H,23,27);1-3,6-7,15,18H,4-5,8-14H2,(H,19,22)/t18-;15-/m01/s1. The van der Waals surface area contributed by atoms with Gasteiger partial charge in [0.25, 0.3) is 0 Å². The molecule has 0 aromatic heterocycles. The first-order valence-electron chi connectivity index (χ1n) is 19.0. The summed E-state index contributed by atoms with van der Waals surface area (Å²) in [5, 5.41) is 9.40. The number of carbonyl (C=O) groups is 3. The van der Waals surface area contributed by atoms with Crippen molar-refractivity contribution in [3.05, 3.63) is 60.7 Å². The molecule has 12 heteroatoms. The zero-order valence-electron chi connectivity index (χ0n) is 31.0. The summed E-state index contributed by atoms with van der Waals surface area (Å²) in [7, 11) is 0. The van der Waals surface area contributed by atoms with Gasteiger partial charge in [-0.2, -0.15) is 0 Å². The van der Waals surface area contributed by atoms with Crippen LogP contribution in [0, 0.1) is 11.8 Å². The molecule has 5 amide bonds. The molecule has 0 bridgehead atoms. The Hall–Kier alpha value is -3.87. The van der Waals surface area contributed by atoms with E-state index in [4.69, 9.17) is 4.74 Å². The van der Waals surface area contributed by atoms with Gasteiger partial charge in [-0.3, -0.25) is 9.80 Å². The van der Waals surface area contributed by atoms with Crippen molar-refractivity contribution in [3.8, 4) is 0 Å². The van der Waals surface area contributed by atoms with E-state index in [-0.39, 0.29) is 18.2 Å². The van der Waals surface area contributed by atoms with Gasteiger partial charge in [0.05, 0.1) is 0 Å². The minimum absolute atomic E-state index is 0.0187. The van der Waals surface area contributed by atoms with Crippen molar-refractivity contribution in [3.63, 3.8) is 0 Å². The molecule has 6 rings (SSSR count). The predicted molar refractivity (Wildman–Crippen MR) is 203 cm³/mol. The van der Waals surface area contributed by atoms with Crippen LogP contribution >= 0.6 is 0 Å². The van der Waals surface area contributed by atoms with Gasteiger partial charge in [-0.05, 0) is 95.6 Å². The molecule has 4 aliphatic rings. The van der Waals surface area contributed by atoms with Gasteiger partial charge in [-0.1, -0.05) is 36.4 Å². The van der Waals surface area contributed by atoms with Crippen LogP contribution in [0.4, 0.5) is 25.8 Å². The Balaban J connectivity index is 0.000000205. The molecule has 0 unspecified atom stereocenters. The number of hydrogen-bond donors (Lipinski definition) is 3. The molecule has 0 saturated carbocycles. The van der Waals surface area contributed by atoms with Gasteiger partial charge in [0.2, 0.25) is 0 Å². The summed E-state index contributed by atoms with van der Waals surface area (Å²) >= 11 is 0. The number of urea groups is 2. The van der Waals surface area contributed by atoms with Crippen molar-refractivity contribution in [2.45, 2.75) is 52.1 Å². The summed E-state index contributed by atoms with van der Waals surface area (Å²) < 4.78 is 5.53. The number of hydrogen-bond acceptors (Lipinski definition) is 7. The number of benzene rings is 2. The summed E-state index contributed by atoms with van der Waals surface area (Å²) in [5.41, 5.74) is 1.23. The number of carbonyl (C=O) groups excluding carboxylic acids is 3. The summed E-state index contributed by atoms with van der Waals surface area (Å²) in [6.45, 7) is 18.5. The lowest BCUT2D eigenvalue weighted by Crippen LogP contribution is -2.52. The highest BCUT2D eigenvalue weighted by atomic mass is 16.6. The fourth-order valence-electron chi connectivity index (χ4n) is 7.23. The monoisotopic (exact) mass is 704 g/mol. The maximum Gasteiger partial charge on any atom is 0.410 e. The Labute approximate surface area is 304 Å². The van der Waals surface area contributed by atoms with Crippen LogP contribution in [0.3, 0.4) is 0 Å². The van der Waals surface area contributed by atoms with Crippen LogP contribution in [0.15, 0.2) is 60.7 Å². The van der Waals surface area contributed by atoms with Crippen molar-refractivity contribution in [2.24, 2.45) is 11.8 Å². The topological polar surface area (TPSA) is 113 Å². The number of nitrogens with one attached hydrogen (secondary N) is 3. The van der Waals surface area contributed by atoms with Crippen LogP contribution in [-0.2, 0) is 4.74 Å². The lowest BCUT2D eigenvalue weighted by Gasteiger charge is -2.39. The zero-order valence-corrected chi connectivity index (χ0v) is 31.0. The molecule has 0 aliphatic carbocycles. The highest BCUT2D eigenvalue weighted by Gasteiger charge is 2.30. The average molecular weight is 705 g/mol. The summed E-state index contributed by atoms with van der Waals surface area (Å²) in [5.74, 6) is 1.24. The van der Waals surface area contributed by atoms with E-state index < -0.39 is 5.60 Å². The number of rotatable bonds is 6. The van der Waals surface area contributed by atoms with E-state index in [1.165, 1.54) is 25.9 Å². The third kappa shape index (κ3) is 13.0. The van der Waals surface area contributed by atoms with Gasteiger partial charge in [0.15, 0.2) is 0 Å². The first kappa shape index (κ1) is 38.4. The van der Waals surface area contributed by atoms with E-state index in [0.29, 0.717) is 5.92 Å². The molecule has 4 aliphatic heterocycles. The minimum atomic E-state index is -0.458. The van der Waals surface area contributed by atoms with Gasteiger partial charge in [0.1, 0.15) is 5.60 Å². The normalized spacial score (nSPS) is 22.0. The number of para-hydroxylation sites is 2. The second-order valence-corrected chi connectivity index (χ2v) is 15.3. The number of amides is 5. The van der Waals surface area contributed by atoms with Gasteiger partial charge in [-0.25, -0.2) is 14.4 Å². The van der Waals surface area contributed by atoms with Gasteiger partial charge >= 0.3 is 18.2 Å². The molecule has 2 aromatic rings. The molecule has 2 atom stereocenters. The highest BCUT2D eigenvalue weighted by molar-refractivity contribution is 5.90. The smallest absolute Gasteiger partial charge is 0.410 e. The first-order valence-corrected chi connectivity index (χ1v) is 19.0. The molecule has 51 heavy (non-hydrogen) atoms. The molecule has 280 valence electrons. The molecule has 0 spiro atoms. The first-order chi connectivity index (χ1) is 24.6. The molecule has 2 aromatic carbocycles. The Kier molecular flexibility index (Phi) is 14.4. The second kappa shape index (κ2) is 19.1. The number of nitrogens with zero attached hydrogens (tertiary/aromatic N) is 5.